The van der Waals surface area contributed by atoms with Crippen molar-refractivity contribution in [2.75, 3.05) is 16.8 Å². The van der Waals surface area contributed by atoms with Crippen molar-refractivity contribution >= 4 is 55.9 Å². The van der Waals surface area contributed by atoms with Crippen LogP contribution in [0.4, 0.5) is 5.82 Å². The van der Waals surface area contributed by atoms with Gasteiger partial charge in [-0.2, -0.15) is 5.26 Å². The van der Waals surface area contributed by atoms with Crippen molar-refractivity contribution in [3.63, 3.8) is 0 Å². The predicted molar refractivity (Wildman–Crippen MR) is 151 cm³/mol. The minimum atomic E-state index is -3.20. The van der Waals surface area contributed by atoms with Crippen molar-refractivity contribution in [1.82, 2.24) is 9.47 Å². The molecule has 2 saturated heterocycles. The fraction of sp³-hybridized carbons (Fsp3) is 0.385. The van der Waals surface area contributed by atoms with Gasteiger partial charge in [-0.1, -0.05) is 67.7 Å². The molecule has 4 rings (SSSR count). The molecule has 1 unspecified atom stereocenters. The monoisotopic (exact) mass is 556 g/mol. The second-order valence-electron chi connectivity index (χ2n) is 9.13. The third-order valence-electron chi connectivity index (χ3n) is 6.59. The van der Waals surface area contributed by atoms with E-state index < -0.39 is 15.9 Å². The van der Waals surface area contributed by atoms with Crippen molar-refractivity contribution in [2.45, 2.75) is 52.2 Å². The summed E-state index contributed by atoms with van der Waals surface area (Å²) in [6, 6.07) is 11.3. The fourth-order valence-corrected chi connectivity index (χ4v) is 7.65. The number of carbonyl (C=O) groups is 1. The van der Waals surface area contributed by atoms with Crippen molar-refractivity contribution in [1.29, 1.82) is 5.26 Å². The molecular formula is C26H28N4O4S3. The van der Waals surface area contributed by atoms with Crippen LogP contribution in [-0.4, -0.2) is 45.7 Å². The van der Waals surface area contributed by atoms with E-state index in [9.17, 15) is 23.3 Å². The Morgan fingerprint density at radius 3 is 2.62 bits per heavy atom. The predicted octanol–water partition coefficient (Wildman–Crippen LogP) is 3.83. The molecule has 2 aromatic rings. The highest BCUT2D eigenvalue weighted by Crippen LogP contribution is 2.38. The fourth-order valence-electron chi connectivity index (χ4n) is 4.57. The van der Waals surface area contributed by atoms with E-state index in [0.717, 1.165) is 30.2 Å². The molecule has 8 nitrogen and oxygen atoms in total. The third-order valence-corrected chi connectivity index (χ3v) is 9.67. The zero-order valence-electron chi connectivity index (χ0n) is 20.7. The van der Waals surface area contributed by atoms with E-state index in [4.69, 9.17) is 12.2 Å². The maximum absolute atomic E-state index is 13.4. The molecule has 1 amide bonds. The molecule has 0 spiro atoms. The van der Waals surface area contributed by atoms with E-state index in [2.05, 4.69) is 5.32 Å². The Morgan fingerprint density at radius 2 is 2.00 bits per heavy atom. The molecule has 11 heteroatoms. The lowest BCUT2D eigenvalue weighted by molar-refractivity contribution is -0.123. The topological polar surface area (TPSA) is 112 Å². The molecule has 2 fully saturated rings. The van der Waals surface area contributed by atoms with Crippen LogP contribution in [0.5, 0.6) is 0 Å². The highest BCUT2D eigenvalue weighted by molar-refractivity contribution is 8.26. The average molecular weight is 557 g/mol. The number of pyridine rings is 1. The minimum Gasteiger partial charge on any atom is -0.367 e. The summed E-state index contributed by atoms with van der Waals surface area (Å²) in [5, 5.41) is 13.2. The van der Waals surface area contributed by atoms with Gasteiger partial charge in [0.25, 0.3) is 11.5 Å². The lowest BCUT2D eigenvalue weighted by Crippen LogP contribution is -2.39. The molecule has 2 aliphatic rings. The van der Waals surface area contributed by atoms with Gasteiger partial charge in [0.2, 0.25) is 0 Å². The summed E-state index contributed by atoms with van der Waals surface area (Å²) in [5.41, 5.74) is 1.72. The summed E-state index contributed by atoms with van der Waals surface area (Å²) in [6.45, 7) is 4.59. The number of rotatable bonds is 8. The SMILES string of the molecule is CCCCn1c(NCc2ccccc2)c(/C=C2/SC(=S)N(C3CCS(=O)(=O)C3)C2=O)c(C)c(C#N)c1=O. The van der Waals surface area contributed by atoms with E-state index in [1.807, 2.05) is 43.3 Å². The summed E-state index contributed by atoms with van der Waals surface area (Å²) >= 11 is 6.58. The van der Waals surface area contributed by atoms with E-state index >= 15 is 0 Å². The molecule has 0 radical (unpaired) electrons. The standard InChI is InChI=1S/C26H28N4O4S3/c1-3-4-11-29-23(28-15-18-8-6-5-7-9-18)20(17(2)21(14-27)24(29)31)13-22-25(32)30(26(35)36-22)19-10-12-37(33,34)16-19/h5-9,13,19,28H,3-4,10-12,15-16H2,1-2H3/b22-13+. The number of benzene rings is 1. The van der Waals surface area contributed by atoms with Gasteiger partial charge < -0.3 is 5.32 Å². The molecule has 0 aliphatic carbocycles. The molecule has 1 N–H and O–H groups in total. The van der Waals surface area contributed by atoms with Gasteiger partial charge in [0.05, 0.1) is 22.5 Å². The lowest BCUT2D eigenvalue weighted by Gasteiger charge is -2.21. The molecule has 37 heavy (non-hydrogen) atoms. The molecule has 1 aromatic heterocycles. The number of thioether (sulfide) groups is 1. The van der Waals surface area contributed by atoms with Crippen LogP contribution < -0.4 is 10.9 Å². The molecule has 1 aromatic carbocycles. The second kappa shape index (κ2) is 11.2. The Kier molecular flexibility index (Phi) is 8.21. The maximum Gasteiger partial charge on any atom is 0.270 e. The highest BCUT2D eigenvalue weighted by Gasteiger charge is 2.42. The average Bonchev–Trinajstić information content (AvgIpc) is 3.36. The van der Waals surface area contributed by atoms with Crippen molar-refractivity contribution in [2.24, 2.45) is 0 Å². The van der Waals surface area contributed by atoms with Crippen molar-refractivity contribution in [3.05, 3.63) is 67.8 Å². The third kappa shape index (κ3) is 5.66. The number of aromatic nitrogens is 1. The molecule has 2 aliphatic heterocycles. The first-order valence-electron chi connectivity index (χ1n) is 12.1. The number of sulfone groups is 1. The van der Waals surface area contributed by atoms with Gasteiger partial charge in [0.1, 0.15) is 21.8 Å². The number of anilines is 1. The normalized spacial score (nSPS) is 20.0. The Bertz CT molecular complexity index is 1470. The van der Waals surface area contributed by atoms with Crippen LogP contribution >= 0.6 is 24.0 Å². The summed E-state index contributed by atoms with van der Waals surface area (Å²) < 4.78 is 25.9. The summed E-state index contributed by atoms with van der Waals surface area (Å²) in [6.07, 6.45) is 3.63. The number of thiocarbonyl (C=S) groups is 1. The zero-order chi connectivity index (χ0) is 26.7. The Hall–Kier alpha value is -2.94. The van der Waals surface area contributed by atoms with Crippen LogP contribution in [0.25, 0.3) is 6.08 Å². The number of nitrogens with zero attached hydrogens (tertiary/aromatic N) is 3. The first-order valence-corrected chi connectivity index (χ1v) is 15.1. The first-order chi connectivity index (χ1) is 17.7. The van der Waals surface area contributed by atoms with Crippen molar-refractivity contribution in [3.8, 4) is 6.07 Å². The Labute approximate surface area is 226 Å². The number of carbonyl (C=O) groups excluding carboxylic acids is 1. The zero-order valence-corrected chi connectivity index (χ0v) is 23.1. The van der Waals surface area contributed by atoms with Gasteiger partial charge in [-0.15, -0.1) is 0 Å². The quantitative estimate of drug-likeness (QED) is 0.386. The van der Waals surface area contributed by atoms with Crippen LogP contribution in [0.15, 0.2) is 40.0 Å². The highest BCUT2D eigenvalue weighted by atomic mass is 32.2. The van der Waals surface area contributed by atoms with Gasteiger partial charge in [-0.25, -0.2) is 8.42 Å². The van der Waals surface area contributed by atoms with E-state index in [0.29, 0.717) is 45.7 Å². The number of nitriles is 1. The van der Waals surface area contributed by atoms with Crippen LogP contribution in [0.1, 0.15) is 48.4 Å². The largest absolute Gasteiger partial charge is 0.367 e. The Morgan fingerprint density at radius 1 is 1.27 bits per heavy atom. The van der Waals surface area contributed by atoms with Crippen LogP contribution in [0.2, 0.25) is 0 Å². The molecule has 1 atom stereocenters. The van der Waals surface area contributed by atoms with Gasteiger partial charge in [-0.3, -0.25) is 19.1 Å². The summed E-state index contributed by atoms with van der Waals surface area (Å²) in [5.74, 6) is 0.118. The van der Waals surface area contributed by atoms with Gasteiger partial charge >= 0.3 is 0 Å². The molecular weight excluding hydrogens is 529 g/mol. The van der Waals surface area contributed by atoms with Crippen molar-refractivity contribution < 1.29 is 13.2 Å². The number of nitrogens with one attached hydrogen (secondary N) is 1. The number of hydrogen-bond donors (Lipinski definition) is 1. The van der Waals surface area contributed by atoms with Gasteiger partial charge in [-0.05, 0) is 37.0 Å². The van der Waals surface area contributed by atoms with Gasteiger partial charge in [0.15, 0.2) is 9.84 Å². The smallest absolute Gasteiger partial charge is 0.270 e. The Balaban J connectivity index is 1.80. The summed E-state index contributed by atoms with van der Waals surface area (Å²) in [4.78, 5) is 28.4. The minimum absolute atomic E-state index is 0.0324. The van der Waals surface area contributed by atoms with E-state index in [1.165, 1.54) is 4.90 Å². The number of hydrogen-bond acceptors (Lipinski definition) is 8. The molecule has 3 heterocycles. The van der Waals surface area contributed by atoms with Crippen LogP contribution in [0.3, 0.4) is 0 Å². The summed E-state index contributed by atoms with van der Waals surface area (Å²) in [7, 11) is -3.20. The maximum atomic E-state index is 13.4. The first kappa shape index (κ1) is 27.1. The van der Waals surface area contributed by atoms with E-state index in [1.54, 1.807) is 17.6 Å². The van der Waals surface area contributed by atoms with E-state index in [-0.39, 0.29) is 28.5 Å². The van der Waals surface area contributed by atoms with Crippen LogP contribution in [0, 0.1) is 18.3 Å². The van der Waals surface area contributed by atoms with Crippen LogP contribution in [-0.2, 0) is 27.7 Å². The number of amides is 1. The number of unbranched alkanes of at least 4 members (excludes halogenated alkanes) is 1. The molecule has 0 saturated carbocycles. The van der Waals surface area contributed by atoms with Gasteiger partial charge in [0, 0.05) is 18.7 Å². The molecule has 194 valence electrons. The second-order valence-corrected chi connectivity index (χ2v) is 13.0. The molecule has 0 bridgehead atoms. The lowest BCUT2D eigenvalue weighted by atomic mass is 10.0.